The molecule has 1 aliphatic heterocycles. The zero-order valence-corrected chi connectivity index (χ0v) is 11.9. The van der Waals surface area contributed by atoms with Gasteiger partial charge in [0, 0.05) is 18.1 Å². The van der Waals surface area contributed by atoms with Gasteiger partial charge in [-0.05, 0) is 20.3 Å². The van der Waals surface area contributed by atoms with Gasteiger partial charge in [0.25, 0.3) is 0 Å². The van der Waals surface area contributed by atoms with E-state index in [9.17, 15) is 8.42 Å². The van der Waals surface area contributed by atoms with Crippen molar-refractivity contribution in [2.24, 2.45) is 4.99 Å². The monoisotopic (exact) mass is 264 g/mol. The van der Waals surface area contributed by atoms with Gasteiger partial charge in [0.05, 0.1) is 11.3 Å². The Morgan fingerprint density at radius 1 is 1.56 bits per heavy atom. The third-order valence-corrected chi connectivity index (χ3v) is 6.31. The zero-order chi connectivity index (χ0) is 12.4. The number of nitrogens with zero attached hydrogens (tertiary/aromatic N) is 1. The number of sulfone groups is 1. The molecule has 0 fully saturated rings. The molecule has 0 aromatic heterocycles. The van der Waals surface area contributed by atoms with Crippen LogP contribution in [-0.4, -0.2) is 42.9 Å². The number of aliphatic imine (C=N–C) groups is 1. The summed E-state index contributed by atoms with van der Waals surface area (Å²) in [6.07, 6.45) is 2.36. The normalized spacial score (nSPS) is 22.0. The van der Waals surface area contributed by atoms with Crippen LogP contribution in [0.4, 0.5) is 0 Å². The van der Waals surface area contributed by atoms with Gasteiger partial charge < -0.3 is 5.32 Å². The lowest BCUT2D eigenvalue weighted by atomic mass is 10.2. The molecule has 1 rings (SSSR count). The van der Waals surface area contributed by atoms with Crippen molar-refractivity contribution >= 4 is 26.8 Å². The molecule has 0 saturated heterocycles. The molecule has 0 radical (unpaired) electrons. The minimum Gasteiger partial charge on any atom is -0.363 e. The molecule has 0 spiro atoms. The van der Waals surface area contributed by atoms with Gasteiger partial charge in [0.1, 0.15) is 0 Å². The Morgan fingerprint density at radius 3 is 2.62 bits per heavy atom. The standard InChI is InChI=1S/C10H20N2O2S2/c1-5-8-6-11-9(15-8)12-7-10(2,3)16(4,13)14/h8H,5-7H2,1-4H3,(H,11,12). The molecule has 4 nitrogen and oxygen atoms in total. The molecular formula is C10H20N2O2S2. The lowest BCUT2D eigenvalue weighted by Crippen LogP contribution is -2.42. The number of thioether (sulfide) groups is 1. The highest BCUT2D eigenvalue weighted by Gasteiger charge is 2.31. The minimum absolute atomic E-state index is 0.411. The Bertz CT molecular complexity index is 374. The lowest BCUT2D eigenvalue weighted by molar-refractivity contribution is 0.547. The predicted molar refractivity (Wildman–Crippen MR) is 70.9 cm³/mol. The largest absolute Gasteiger partial charge is 0.363 e. The summed E-state index contributed by atoms with van der Waals surface area (Å²) in [5, 5.41) is 4.55. The minimum atomic E-state index is -3.04. The lowest BCUT2D eigenvalue weighted by Gasteiger charge is -2.23. The molecule has 0 saturated carbocycles. The van der Waals surface area contributed by atoms with Crippen LogP contribution in [0.3, 0.4) is 0 Å². The van der Waals surface area contributed by atoms with E-state index in [0.29, 0.717) is 11.8 Å². The van der Waals surface area contributed by atoms with Gasteiger partial charge in [0.2, 0.25) is 0 Å². The van der Waals surface area contributed by atoms with E-state index in [1.54, 1.807) is 25.6 Å². The molecule has 0 aromatic carbocycles. The zero-order valence-electron chi connectivity index (χ0n) is 10.3. The fourth-order valence-corrected chi connectivity index (χ4v) is 2.42. The summed E-state index contributed by atoms with van der Waals surface area (Å²) in [6.45, 7) is 6.84. The van der Waals surface area contributed by atoms with Gasteiger partial charge in [-0.2, -0.15) is 0 Å². The summed E-state index contributed by atoms with van der Waals surface area (Å²) in [6, 6.07) is 0. The smallest absolute Gasteiger partial charge is 0.156 e. The van der Waals surface area contributed by atoms with Crippen molar-refractivity contribution in [2.45, 2.75) is 37.2 Å². The quantitative estimate of drug-likeness (QED) is 0.831. The summed E-state index contributed by atoms with van der Waals surface area (Å²) in [4.78, 5) is 4.35. The molecule has 1 unspecified atom stereocenters. The summed E-state index contributed by atoms with van der Waals surface area (Å²) < 4.78 is 22.2. The molecule has 6 heteroatoms. The van der Waals surface area contributed by atoms with E-state index in [-0.39, 0.29) is 0 Å². The van der Waals surface area contributed by atoms with E-state index in [0.717, 1.165) is 18.1 Å². The van der Waals surface area contributed by atoms with Crippen molar-refractivity contribution in [3.63, 3.8) is 0 Å². The molecule has 1 N–H and O–H groups in total. The van der Waals surface area contributed by atoms with Crippen LogP contribution >= 0.6 is 11.8 Å². The topological polar surface area (TPSA) is 58.5 Å². The number of nitrogens with one attached hydrogen (secondary N) is 1. The van der Waals surface area contributed by atoms with Crippen LogP contribution in [0.15, 0.2) is 4.99 Å². The van der Waals surface area contributed by atoms with Crippen LogP contribution in [0.2, 0.25) is 0 Å². The summed E-state index contributed by atoms with van der Waals surface area (Å²) in [7, 11) is -3.04. The van der Waals surface area contributed by atoms with Crippen molar-refractivity contribution < 1.29 is 8.42 Å². The van der Waals surface area contributed by atoms with Crippen molar-refractivity contribution in [1.82, 2.24) is 5.32 Å². The van der Waals surface area contributed by atoms with Gasteiger partial charge in [-0.25, -0.2) is 8.42 Å². The van der Waals surface area contributed by atoms with E-state index in [1.807, 2.05) is 0 Å². The highest BCUT2D eigenvalue weighted by molar-refractivity contribution is 8.14. The van der Waals surface area contributed by atoms with Crippen LogP contribution in [0.25, 0.3) is 0 Å². The van der Waals surface area contributed by atoms with Crippen LogP contribution < -0.4 is 5.32 Å². The van der Waals surface area contributed by atoms with E-state index < -0.39 is 14.6 Å². The third-order valence-electron chi connectivity index (χ3n) is 2.84. The highest BCUT2D eigenvalue weighted by atomic mass is 32.2. The molecule has 16 heavy (non-hydrogen) atoms. The van der Waals surface area contributed by atoms with E-state index >= 15 is 0 Å². The number of hydrogen-bond donors (Lipinski definition) is 1. The van der Waals surface area contributed by atoms with E-state index in [4.69, 9.17) is 0 Å². The van der Waals surface area contributed by atoms with Gasteiger partial charge in [-0.15, -0.1) is 0 Å². The average molecular weight is 264 g/mol. The fraction of sp³-hybridized carbons (Fsp3) is 0.900. The number of amidine groups is 1. The van der Waals surface area contributed by atoms with Gasteiger partial charge in [0.15, 0.2) is 15.0 Å². The van der Waals surface area contributed by atoms with Crippen molar-refractivity contribution in [1.29, 1.82) is 0 Å². The average Bonchev–Trinajstić information content (AvgIpc) is 2.60. The van der Waals surface area contributed by atoms with E-state index in [2.05, 4.69) is 17.2 Å². The first-order chi connectivity index (χ1) is 7.26. The molecule has 1 atom stereocenters. The Labute approximate surface area is 102 Å². The first kappa shape index (κ1) is 13.8. The Kier molecular flexibility index (Phi) is 4.29. The molecule has 0 aliphatic carbocycles. The highest BCUT2D eigenvalue weighted by Crippen LogP contribution is 2.22. The Morgan fingerprint density at radius 2 is 2.19 bits per heavy atom. The van der Waals surface area contributed by atoms with Crippen LogP contribution in [0.1, 0.15) is 27.2 Å². The summed E-state index contributed by atoms with van der Waals surface area (Å²) >= 11 is 1.71. The van der Waals surface area contributed by atoms with Crippen molar-refractivity contribution in [2.75, 3.05) is 19.3 Å². The maximum Gasteiger partial charge on any atom is 0.156 e. The van der Waals surface area contributed by atoms with Gasteiger partial charge in [-0.3, -0.25) is 4.99 Å². The molecular weight excluding hydrogens is 244 g/mol. The maximum absolute atomic E-state index is 11.5. The molecule has 1 aliphatic rings. The molecule has 94 valence electrons. The second-order valence-corrected chi connectivity index (χ2v) is 8.62. The first-order valence-electron chi connectivity index (χ1n) is 5.41. The molecule has 1 heterocycles. The Hall–Kier alpha value is -0.230. The molecule has 0 amide bonds. The summed E-state index contributed by atoms with van der Waals surface area (Å²) in [5.41, 5.74) is 0. The molecule has 0 bridgehead atoms. The van der Waals surface area contributed by atoms with Crippen LogP contribution in [-0.2, 0) is 9.84 Å². The van der Waals surface area contributed by atoms with Crippen LogP contribution in [0, 0.1) is 0 Å². The summed E-state index contributed by atoms with van der Waals surface area (Å²) in [5.74, 6) is 0. The number of rotatable bonds is 4. The van der Waals surface area contributed by atoms with Gasteiger partial charge >= 0.3 is 0 Å². The first-order valence-corrected chi connectivity index (χ1v) is 8.18. The SMILES string of the molecule is CCC1CN=C(NCC(C)(C)S(C)(=O)=O)S1. The Balaban J connectivity index is 2.48. The fourth-order valence-electron chi connectivity index (χ4n) is 1.15. The maximum atomic E-state index is 11.5. The molecule has 0 aromatic rings. The van der Waals surface area contributed by atoms with Crippen LogP contribution in [0.5, 0.6) is 0 Å². The number of hydrogen-bond acceptors (Lipinski definition) is 5. The third kappa shape index (κ3) is 3.38. The van der Waals surface area contributed by atoms with E-state index in [1.165, 1.54) is 6.26 Å². The van der Waals surface area contributed by atoms with Crippen molar-refractivity contribution in [3.05, 3.63) is 0 Å². The second-order valence-electron chi connectivity index (χ2n) is 4.68. The van der Waals surface area contributed by atoms with Crippen molar-refractivity contribution in [3.8, 4) is 0 Å². The predicted octanol–water partition coefficient (Wildman–Crippen LogP) is 1.28. The van der Waals surface area contributed by atoms with Gasteiger partial charge in [-0.1, -0.05) is 18.7 Å². The second kappa shape index (κ2) is 4.96.